The van der Waals surface area contributed by atoms with Crippen molar-refractivity contribution in [3.05, 3.63) is 64.2 Å². The summed E-state index contributed by atoms with van der Waals surface area (Å²) in [5.41, 5.74) is 2.90. The van der Waals surface area contributed by atoms with E-state index in [9.17, 15) is 13.2 Å². The molecule has 5 nitrogen and oxygen atoms in total. The second-order valence-corrected chi connectivity index (χ2v) is 8.68. The van der Waals surface area contributed by atoms with Crippen molar-refractivity contribution in [2.75, 3.05) is 6.54 Å². The van der Waals surface area contributed by atoms with Gasteiger partial charge in [0.25, 0.3) is 0 Å². The predicted molar refractivity (Wildman–Crippen MR) is 108 cm³/mol. The number of nitrogens with one attached hydrogen (secondary N) is 2. The Hall–Kier alpha value is -1.89. The Balaban J connectivity index is 1.90. The first-order chi connectivity index (χ1) is 12.7. The largest absolute Gasteiger partial charge is 0.349 e. The molecule has 2 aromatic carbocycles. The molecule has 0 aliphatic heterocycles. The van der Waals surface area contributed by atoms with Crippen LogP contribution in [-0.4, -0.2) is 20.9 Å². The van der Waals surface area contributed by atoms with E-state index in [1.54, 1.807) is 30.3 Å². The summed E-state index contributed by atoms with van der Waals surface area (Å²) in [6.07, 6.45) is 0.788. The molecule has 1 atom stereocenters. The number of halogens is 1. The molecule has 0 aliphatic carbocycles. The summed E-state index contributed by atoms with van der Waals surface area (Å²) in [6.45, 7) is 5.80. The summed E-state index contributed by atoms with van der Waals surface area (Å²) >= 11 is 5.89. The summed E-state index contributed by atoms with van der Waals surface area (Å²) in [6, 6.07) is 12.1. The standard InChI is InChI=1S/C20H25ClN2O3S/c1-4-19(16-6-8-17(21)9-7-16)23-20(24)11-12-22-27(25,26)18-10-5-14(2)15(3)13-18/h5-10,13,19,22H,4,11-12H2,1-3H3,(H,23,24). The molecule has 2 aromatic rings. The van der Waals surface area contributed by atoms with E-state index in [1.165, 1.54) is 0 Å². The summed E-state index contributed by atoms with van der Waals surface area (Å²) in [7, 11) is -3.63. The highest BCUT2D eigenvalue weighted by molar-refractivity contribution is 7.89. The van der Waals surface area contributed by atoms with Gasteiger partial charge in [0.05, 0.1) is 10.9 Å². The normalized spacial score (nSPS) is 12.6. The molecule has 2 rings (SSSR count). The van der Waals surface area contributed by atoms with Gasteiger partial charge in [0.15, 0.2) is 0 Å². The molecule has 2 N–H and O–H groups in total. The molecule has 1 amide bonds. The molecular weight excluding hydrogens is 384 g/mol. The zero-order valence-corrected chi connectivity index (χ0v) is 17.3. The Morgan fingerprint density at radius 1 is 1.07 bits per heavy atom. The van der Waals surface area contributed by atoms with Crippen molar-refractivity contribution in [2.45, 2.75) is 44.6 Å². The van der Waals surface area contributed by atoms with Gasteiger partial charge in [0, 0.05) is 18.0 Å². The van der Waals surface area contributed by atoms with E-state index in [0.29, 0.717) is 5.02 Å². The van der Waals surface area contributed by atoms with Gasteiger partial charge < -0.3 is 5.32 Å². The van der Waals surface area contributed by atoms with Gasteiger partial charge in [-0.3, -0.25) is 4.79 Å². The van der Waals surface area contributed by atoms with Crippen LogP contribution in [0.5, 0.6) is 0 Å². The summed E-state index contributed by atoms with van der Waals surface area (Å²) in [4.78, 5) is 12.4. The molecule has 0 heterocycles. The Morgan fingerprint density at radius 2 is 1.74 bits per heavy atom. The highest BCUT2D eigenvalue weighted by Gasteiger charge is 2.16. The van der Waals surface area contributed by atoms with Crippen LogP contribution in [0.2, 0.25) is 5.02 Å². The number of carbonyl (C=O) groups excluding carboxylic acids is 1. The molecule has 7 heteroatoms. The molecular formula is C20H25ClN2O3S. The quantitative estimate of drug-likeness (QED) is 0.695. The average molecular weight is 409 g/mol. The molecule has 0 aromatic heterocycles. The van der Waals surface area contributed by atoms with Gasteiger partial charge in [-0.15, -0.1) is 0 Å². The molecule has 0 fully saturated rings. The van der Waals surface area contributed by atoms with Crippen molar-refractivity contribution in [3.63, 3.8) is 0 Å². The maximum atomic E-state index is 12.4. The van der Waals surface area contributed by atoms with Crippen molar-refractivity contribution in [2.24, 2.45) is 0 Å². The monoisotopic (exact) mass is 408 g/mol. The van der Waals surface area contributed by atoms with Crippen molar-refractivity contribution in [3.8, 4) is 0 Å². The highest BCUT2D eigenvalue weighted by atomic mass is 35.5. The summed E-state index contributed by atoms with van der Waals surface area (Å²) < 4.78 is 27.2. The number of hydrogen-bond acceptors (Lipinski definition) is 3. The summed E-state index contributed by atoms with van der Waals surface area (Å²) in [5, 5.41) is 3.57. The second kappa shape index (κ2) is 9.35. The molecule has 0 saturated heterocycles. The lowest BCUT2D eigenvalue weighted by molar-refractivity contribution is -0.121. The second-order valence-electron chi connectivity index (χ2n) is 6.47. The summed E-state index contributed by atoms with van der Waals surface area (Å²) in [5.74, 6) is -0.209. The first kappa shape index (κ1) is 21.4. The molecule has 1 unspecified atom stereocenters. The van der Waals surface area contributed by atoms with Crippen LogP contribution in [-0.2, 0) is 14.8 Å². The van der Waals surface area contributed by atoms with E-state index in [-0.39, 0.29) is 29.8 Å². The van der Waals surface area contributed by atoms with Gasteiger partial charge in [0.1, 0.15) is 0 Å². The van der Waals surface area contributed by atoms with Crippen LogP contribution in [0, 0.1) is 13.8 Å². The third-order valence-corrected chi connectivity index (χ3v) is 6.16. The topological polar surface area (TPSA) is 75.3 Å². The number of hydrogen-bond donors (Lipinski definition) is 2. The lowest BCUT2D eigenvalue weighted by Gasteiger charge is -2.17. The Bertz CT molecular complexity index is 896. The number of amides is 1. The van der Waals surface area contributed by atoms with Crippen LogP contribution in [0.3, 0.4) is 0 Å². The lowest BCUT2D eigenvalue weighted by Crippen LogP contribution is -2.32. The fourth-order valence-corrected chi connectivity index (χ4v) is 3.89. The average Bonchev–Trinajstić information content (AvgIpc) is 2.62. The SMILES string of the molecule is CCC(NC(=O)CCNS(=O)(=O)c1ccc(C)c(C)c1)c1ccc(Cl)cc1. The first-order valence-electron chi connectivity index (χ1n) is 8.84. The molecule has 0 bridgehead atoms. The fourth-order valence-electron chi connectivity index (χ4n) is 2.65. The van der Waals surface area contributed by atoms with E-state index in [4.69, 9.17) is 11.6 Å². The molecule has 27 heavy (non-hydrogen) atoms. The fraction of sp³-hybridized carbons (Fsp3) is 0.350. The van der Waals surface area contributed by atoms with E-state index in [1.807, 2.05) is 32.9 Å². The minimum Gasteiger partial charge on any atom is -0.349 e. The van der Waals surface area contributed by atoms with Crippen molar-refractivity contribution in [1.82, 2.24) is 10.0 Å². The number of rotatable bonds is 8. The Labute approximate surface area is 166 Å². The molecule has 0 radical (unpaired) electrons. The van der Waals surface area contributed by atoms with Crippen molar-refractivity contribution < 1.29 is 13.2 Å². The minimum atomic E-state index is -3.63. The smallest absolute Gasteiger partial charge is 0.240 e. The first-order valence-corrected chi connectivity index (χ1v) is 10.7. The number of sulfonamides is 1. The van der Waals surface area contributed by atoms with Crippen LogP contribution < -0.4 is 10.0 Å². The maximum Gasteiger partial charge on any atom is 0.240 e. The van der Waals surface area contributed by atoms with Crippen LogP contribution >= 0.6 is 11.6 Å². The number of carbonyl (C=O) groups is 1. The van der Waals surface area contributed by atoms with Crippen molar-refractivity contribution >= 4 is 27.5 Å². The van der Waals surface area contributed by atoms with Crippen molar-refractivity contribution in [1.29, 1.82) is 0 Å². The van der Waals surface area contributed by atoms with E-state index in [0.717, 1.165) is 23.1 Å². The van der Waals surface area contributed by atoms with E-state index >= 15 is 0 Å². The van der Waals surface area contributed by atoms with Gasteiger partial charge >= 0.3 is 0 Å². The zero-order chi connectivity index (χ0) is 20.0. The lowest BCUT2D eigenvalue weighted by atomic mass is 10.0. The Kier molecular flexibility index (Phi) is 7.41. The van der Waals surface area contributed by atoms with Crippen LogP contribution in [0.15, 0.2) is 47.4 Å². The van der Waals surface area contributed by atoms with Crippen LogP contribution in [0.25, 0.3) is 0 Å². The van der Waals surface area contributed by atoms with Gasteiger partial charge in [-0.05, 0) is 61.2 Å². The molecule has 0 aliphatic rings. The molecule has 0 spiro atoms. The molecule has 0 saturated carbocycles. The third-order valence-electron chi connectivity index (χ3n) is 4.45. The third kappa shape index (κ3) is 6.06. The van der Waals surface area contributed by atoms with Gasteiger partial charge in [-0.25, -0.2) is 13.1 Å². The number of benzene rings is 2. The zero-order valence-electron chi connectivity index (χ0n) is 15.8. The van der Waals surface area contributed by atoms with Gasteiger partial charge in [0.2, 0.25) is 15.9 Å². The predicted octanol–water partition coefficient (Wildman–Crippen LogP) is 3.89. The maximum absolute atomic E-state index is 12.4. The highest BCUT2D eigenvalue weighted by Crippen LogP contribution is 2.19. The Morgan fingerprint density at radius 3 is 2.33 bits per heavy atom. The van der Waals surface area contributed by atoms with Gasteiger partial charge in [-0.2, -0.15) is 0 Å². The van der Waals surface area contributed by atoms with E-state index < -0.39 is 10.0 Å². The van der Waals surface area contributed by atoms with E-state index in [2.05, 4.69) is 10.0 Å². The van der Waals surface area contributed by atoms with Gasteiger partial charge in [-0.1, -0.05) is 36.7 Å². The minimum absolute atomic E-state index is 0.0398. The molecule has 146 valence electrons. The van der Waals surface area contributed by atoms with Crippen LogP contribution in [0.1, 0.15) is 42.5 Å². The number of aryl methyl sites for hydroxylation is 2. The van der Waals surface area contributed by atoms with Crippen LogP contribution in [0.4, 0.5) is 0 Å².